The first-order chi connectivity index (χ1) is 13.4. The Hall–Kier alpha value is -3.47. The van der Waals surface area contributed by atoms with Crippen molar-refractivity contribution in [1.82, 2.24) is 4.90 Å². The number of carbonyl (C=O) groups is 4. The second-order valence-electron chi connectivity index (χ2n) is 6.73. The van der Waals surface area contributed by atoms with Gasteiger partial charge in [0.1, 0.15) is 6.04 Å². The van der Waals surface area contributed by atoms with Gasteiger partial charge in [-0.05, 0) is 38.0 Å². The summed E-state index contributed by atoms with van der Waals surface area (Å²) in [5.41, 5.74) is 0.778. The molecule has 144 valence electrons. The number of nitriles is 1. The molecule has 1 aliphatic heterocycles. The van der Waals surface area contributed by atoms with Crippen LogP contribution in [0.4, 0.5) is 5.69 Å². The molecule has 0 bridgehead atoms. The van der Waals surface area contributed by atoms with E-state index in [-0.39, 0.29) is 11.8 Å². The molecule has 3 atom stereocenters. The second-order valence-corrected chi connectivity index (χ2v) is 6.73. The van der Waals surface area contributed by atoms with Crippen molar-refractivity contribution in [1.29, 1.82) is 5.26 Å². The number of fused-ring (bicyclic) bond motifs is 1. The van der Waals surface area contributed by atoms with E-state index in [0.29, 0.717) is 24.1 Å². The first-order valence-electron chi connectivity index (χ1n) is 8.91. The molecule has 1 aromatic rings. The molecule has 0 spiro atoms. The molecule has 3 amide bonds. The lowest BCUT2D eigenvalue weighted by Crippen LogP contribution is -2.45. The monoisotopic (exact) mass is 381 g/mol. The number of ether oxygens (including phenoxy) is 1. The lowest BCUT2D eigenvalue weighted by atomic mass is 9.85. The highest BCUT2D eigenvalue weighted by atomic mass is 16.5. The zero-order valence-corrected chi connectivity index (χ0v) is 15.3. The van der Waals surface area contributed by atoms with Crippen LogP contribution in [0.2, 0.25) is 0 Å². The molecule has 1 N–H and O–H groups in total. The Morgan fingerprint density at radius 1 is 1.25 bits per heavy atom. The van der Waals surface area contributed by atoms with Crippen molar-refractivity contribution in [3.63, 3.8) is 0 Å². The highest BCUT2D eigenvalue weighted by Crippen LogP contribution is 2.36. The Kier molecular flexibility index (Phi) is 5.54. The van der Waals surface area contributed by atoms with Gasteiger partial charge < -0.3 is 10.1 Å². The van der Waals surface area contributed by atoms with Gasteiger partial charge in [0.05, 0.1) is 23.5 Å². The van der Waals surface area contributed by atoms with Crippen molar-refractivity contribution in [3.8, 4) is 6.07 Å². The molecule has 1 heterocycles. The van der Waals surface area contributed by atoms with Gasteiger partial charge in [-0.25, -0.2) is 4.79 Å². The molecule has 0 radical (unpaired) electrons. The summed E-state index contributed by atoms with van der Waals surface area (Å²) >= 11 is 0. The number of benzene rings is 1. The number of anilines is 1. The Labute approximate surface area is 161 Å². The van der Waals surface area contributed by atoms with Crippen LogP contribution in [0.3, 0.4) is 0 Å². The highest BCUT2D eigenvalue weighted by Gasteiger charge is 2.50. The third-order valence-electron chi connectivity index (χ3n) is 4.89. The van der Waals surface area contributed by atoms with Crippen molar-refractivity contribution >= 4 is 29.4 Å². The van der Waals surface area contributed by atoms with Crippen LogP contribution in [0, 0.1) is 23.2 Å². The number of nitrogens with one attached hydrogen (secondary N) is 1. The van der Waals surface area contributed by atoms with E-state index < -0.39 is 36.4 Å². The largest absolute Gasteiger partial charge is 0.454 e. The number of rotatable bonds is 5. The van der Waals surface area contributed by atoms with E-state index in [1.165, 1.54) is 13.0 Å². The summed E-state index contributed by atoms with van der Waals surface area (Å²) in [7, 11) is 0. The topological polar surface area (TPSA) is 117 Å². The molecule has 1 aromatic carbocycles. The van der Waals surface area contributed by atoms with Crippen molar-refractivity contribution < 1.29 is 23.9 Å². The minimum Gasteiger partial charge on any atom is -0.454 e. The first-order valence-corrected chi connectivity index (χ1v) is 8.91. The van der Waals surface area contributed by atoms with Crippen LogP contribution in [0.1, 0.15) is 25.3 Å². The number of hydrogen-bond donors (Lipinski definition) is 1. The maximum Gasteiger partial charge on any atom is 0.329 e. The molecule has 28 heavy (non-hydrogen) atoms. The predicted molar refractivity (Wildman–Crippen MR) is 97.4 cm³/mol. The summed E-state index contributed by atoms with van der Waals surface area (Å²) in [6, 6.07) is 7.15. The molecule has 8 heteroatoms. The first kappa shape index (κ1) is 19.3. The molecule has 1 aliphatic carbocycles. The Bertz CT molecular complexity index is 875. The van der Waals surface area contributed by atoms with Crippen LogP contribution in [0.5, 0.6) is 0 Å². The lowest BCUT2D eigenvalue weighted by molar-refractivity contribution is -0.159. The maximum absolute atomic E-state index is 12.5. The highest BCUT2D eigenvalue weighted by molar-refractivity contribution is 6.08. The minimum atomic E-state index is -1.10. The van der Waals surface area contributed by atoms with Gasteiger partial charge in [0.25, 0.3) is 5.91 Å². The summed E-state index contributed by atoms with van der Waals surface area (Å²) in [5.74, 6) is -3.02. The van der Waals surface area contributed by atoms with E-state index in [0.717, 1.165) is 4.90 Å². The zero-order chi connectivity index (χ0) is 20.3. The number of nitrogens with zero attached hydrogens (tertiary/aromatic N) is 2. The molecule has 3 rings (SSSR count). The van der Waals surface area contributed by atoms with E-state index in [1.807, 2.05) is 18.2 Å². The zero-order valence-electron chi connectivity index (χ0n) is 15.3. The van der Waals surface area contributed by atoms with Gasteiger partial charge in [0.2, 0.25) is 11.8 Å². The third kappa shape index (κ3) is 3.78. The van der Waals surface area contributed by atoms with Crippen LogP contribution < -0.4 is 5.32 Å². The lowest BCUT2D eigenvalue weighted by Gasteiger charge is -2.21. The minimum absolute atomic E-state index is 0.374. The molecule has 0 aromatic heterocycles. The summed E-state index contributed by atoms with van der Waals surface area (Å²) in [6.45, 7) is 0.849. The number of esters is 1. The van der Waals surface area contributed by atoms with E-state index in [1.54, 1.807) is 18.2 Å². The normalized spacial score (nSPS) is 21.6. The molecule has 0 saturated carbocycles. The fourth-order valence-corrected chi connectivity index (χ4v) is 3.43. The predicted octanol–water partition coefficient (Wildman–Crippen LogP) is 1.38. The van der Waals surface area contributed by atoms with Gasteiger partial charge in [-0.15, -0.1) is 0 Å². The maximum atomic E-state index is 12.5. The molecule has 0 unspecified atom stereocenters. The average molecular weight is 381 g/mol. The Morgan fingerprint density at radius 2 is 1.89 bits per heavy atom. The van der Waals surface area contributed by atoms with E-state index >= 15 is 0 Å². The third-order valence-corrected chi connectivity index (χ3v) is 4.89. The SMILES string of the molecule is C[C@@H](C(=O)OCC(=O)Nc1cccc(C#N)c1)N1C(=O)[C@@H]2CC=CC[C@H]2C1=O. The number of carbonyl (C=O) groups excluding carboxylic acids is 4. The number of hydrogen-bond acceptors (Lipinski definition) is 6. The summed E-state index contributed by atoms with van der Waals surface area (Å²) in [6.07, 6.45) is 4.70. The van der Waals surface area contributed by atoms with Gasteiger partial charge in [0, 0.05) is 5.69 Å². The van der Waals surface area contributed by atoms with Gasteiger partial charge in [-0.1, -0.05) is 18.2 Å². The fourth-order valence-electron chi connectivity index (χ4n) is 3.43. The quantitative estimate of drug-likeness (QED) is 0.468. The van der Waals surface area contributed by atoms with Crippen LogP contribution in [0.25, 0.3) is 0 Å². The van der Waals surface area contributed by atoms with Crippen LogP contribution in [-0.2, 0) is 23.9 Å². The number of imide groups is 1. The average Bonchev–Trinajstić information content (AvgIpc) is 2.96. The van der Waals surface area contributed by atoms with Crippen molar-refractivity contribution in [2.24, 2.45) is 11.8 Å². The molecule has 1 fully saturated rings. The van der Waals surface area contributed by atoms with E-state index in [2.05, 4.69) is 5.32 Å². The van der Waals surface area contributed by atoms with Crippen LogP contribution in [0.15, 0.2) is 36.4 Å². The summed E-state index contributed by atoms with van der Waals surface area (Å²) < 4.78 is 4.98. The number of likely N-dealkylation sites (tertiary alicyclic amines) is 1. The summed E-state index contributed by atoms with van der Waals surface area (Å²) in [5, 5.41) is 11.4. The Morgan fingerprint density at radius 3 is 2.50 bits per heavy atom. The smallest absolute Gasteiger partial charge is 0.329 e. The number of amides is 3. The molecule has 2 aliphatic rings. The fraction of sp³-hybridized carbons (Fsp3) is 0.350. The van der Waals surface area contributed by atoms with Crippen molar-refractivity contribution in [2.75, 3.05) is 11.9 Å². The van der Waals surface area contributed by atoms with Gasteiger partial charge in [-0.3, -0.25) is 19.3 Å². The van der Waals surface area contributed by atoms with Gasteiger partial charge in [0.15, 0.2) is 6.61 Å². The van der Waals surface area contributed by atoms with Crippen LogP contribution in [-0.4, -0.2) is 41.2 Å². The van der Waals surface area contributed by atoms with Gasteiger partial charge in [-0.2, -0.15) is 5.26 Å². The summed E-state index contributed by atoms with van der Waals surface area (Å²) in [4.78, 5) is 50.2. The van der Waals surface area contributed by atoms with Crippen LogP contribution >= 0.6 is 0 Å². The van der Waals surface area contributed by atoms with E-state index in [9.17, 15) is 19.2 Å². The molecule has 8 nitrogen and oxygen atoms in total. The molecular formula is C20H19N3O5. The standard InChI is InChI=1S/C20H19N3O5/c1-12(23-18(25)15-7-2-3-8-16(15)19(23)26)20(27)28-11-17(24)22-14-6-4-5-13(9-14)10-21/h2-6,9,12,15-16H,7-8,11H2,1H3,(H,22,24)/t12-,15+,16+/m0/s1. The van der Waals surface area contributed by atoms with Crippen molar-refractivity contribution in [3.05, 3.63) is 42.0 Å². The number of allylic oxidation sites excluding steroid dienone is 2. The van der Waals surface area contributed by atoms with Crippen molar-refractivity contribution in [2.45, 2.75) is 25.8 Å². The molecular weight excluding hydrogens is 362 g/mol. The molecule has 1 saturated heterocycles. The second kappa shape index (κ2) is 8.05. The Balaban J connectivity index is 1.56. The van der Waals surface area contributed by atoms with E-state index in [4.69, 9.17) is 10.00 Å². The van der Waals surface area contributed by atoms with Gasteiger partial charge >= 0.3 is 5.97 Å².